The van der Waals surface area contributed by atoms with Crippen LogP contribution in [0, 0.1) is 0 Å². The topological polar surface area (TPSA) is 43.9 Å². The fourth-order valence-electron chi connectivity index (χ4n) is 2.85. The van der Waals surface area contributed by atoms with Crippen molar-refractivity contribution < 1.29 is 8.42 Å². The summed E-state index contributed by atoms with van der Waals surface area (Å²) in [7, 11) is 2.34. The van der Waals surface area contributed by atoms with Gasteiger partial charge in [-0.05, 0) is 65.3 Å². The van der Waals surface area contributed by atoms with Gasteiger partial charge in [0.25, 0.3) is 0 Å². The van der Waals surface area contributed by atoms with Crippen LogP contribution in [0.5, 0.6) is 0 Å². The van der Waals surface area contributed by atoms with Gasteiger partial charge in [0.2, 0.25) is 10.0 Å². The average molecular weight is 394 g/mol. The lowest BCUT2D eigenvalue weighted by molar-refractivity contribution is 0.175. The highest BCUT2D eigenvalue weighted by atomic mass is 35.5. The first-order valence-corrected chi connectivity index (χ1v) is 10.2. The molecule has 0 atom stereocenters. The summed E-state index contributed by atoms with van der Waals surface area (Å²) >= 11 is 12.0. The summed E-state index contributed by atoms with van der Waals surface area (Å²) in [5, 5.41) is 0.614. The van der Waals surface area contributed by atoms with Crippen LogP contribution in [0.15, 0.2) is 23.1 Å². The third kappa shape index (κ3) is 4.84. The minimum Gasteiger partial charge on any atom is -0.308 e. The Labute approximate surface area is 155 Å². The second-order valence-electron chi connectivity index (χ2n) is 6.53. The maximum atomic E-state index is 13.2. The Hall–Kier alpha value is -0.370. The molecule has 0 bridgehead atoms. The quantitative estimate of drug-likeness (QED) is 0.744. The first-order chi connectivity index (χ1) is 11.2. The summed E-state index contributed by atoms with van der Waals surface area (Å²) in [6.45, 7) is 2.94. The molecule has 136 valence electrons. The molecule has 1 heterocycles. The molecular formula is C16H25Cl2N3O2S. The van der Waals surface area contributed by atoms with Crippen molar-refractivity contribution in [1.29, 1.82) is 0 Å². The van der Waals surface area contributed by atoms with Crippen LogP contribution >= 0.6 is 23.2 Å². The van der Waals surface area contributed by atoms with Gasteiger partial charge < -0.3 is 9.80 Å². The van der Waals surface area contributed by atoms with Crippen LogP contribution in [0.4, 0.5) is 0 Å². The van der Waals surface area contributed by atoms with Gasteiger partial charge >= 0.3 is 0 Å². The molecule has 24 heavy (non-hydrogen) atoms. The van der Waals surface area contributed by atoms with Gasteiger partial charge in [0.15, 0.2) is 0 Å². The van der Waals surface area contributed by atoms with Crippen molar-refractivity contribution in [3.8, 4) is 0 Å². The van der Waals surface area contributed by atoms with Gasteiger partial charge in [-0.15, -0.1) is 0 Å². The van der Waals surface area contributed by atoms with Gasteiger partial charge in [-0.25, -0.2) is 8.42 Å². The zero-order valence-electron chi connectivity index (χ0n) is 14.4. The van der Waals surface area contributed by atoms with E-state index in [4.69, 9.17) is 23.2 Å². The Balaban J connectivity index is 2.31. The lowest BCUT2D eigenvalue weighted by atomic mass is 10.1. The minimum absolute atomic E-state index is 0.0144. The minimum atomic E-state index is -3.61. The van der Waals surface area contributed by atoms with Crippen LogP contribution in [-0.2, 0) is 10.0 Å². The Morgan fingerprint density at radius 1 is 1.12 bits per heavy atom. The SMILES string of the molecule is CN(C)CCN(C1CCN(C)CC1)S(=O)(=O)c1ccc(Cl)c(Cl)c1. The first kappa shape index (κ1) is 19.9. The lowest BCUT2D eigenvalue weighted by Crippen LogP contribution is -2.48. The van der Waals surface area contributed by atoms with Gasteiger partial charge in [0, 0.05) is 19.1 Å². The van der Waals surface area contributed by atoms with Crippen molar-refractivity contribution in [1.82, 2.24) is 14.1 Å². The summed E-state index contributed by atoms with van der Waals surface area (Å²) in [5.41, 5.74) is 0. The number of piperidine rings is 1. The third-order valence-corrected chi connectivity index (χ3v) is 7.05. The van der Waals surface area contributed by atoms with Crippen molar-refractivity contribution in [2.45, 2.75) is 23.8 Å². The molecule has 2 rings (SSSR count). The fourth-order valence-corrected chi connectivity index (χ4v) is 4.92. The Morgan fingerprint density at radius 3 is 2.29 bits per heavy atom. The molecule has 1 aliphatic rings. The normalized spacial score (nSPS) is 17.8. The van der Waals surface area contributed by atoms with Crippen LogP contribution in [0.25, 0.3) is 0 Å². The number of sulfonamides is 1. The van der Waals surface area contributed by atoms with Crippen LogP contribution < -0.4 is 0 Å². The van der Waals surface area contributed by atoms with E-state index in [1.165, 1.54) is 18.2 Å². The number of nitrogens with zero attached hydrogens (tertiary/aromatic N) is 3. The number of rotatable bonds is 6. The van der Waals surface area contributed by atoms with E-state index < -0.39 is 10.0 Å². The Kier molecular flexibility index (Phi) is 6.93. The second-order valence-corrected chi connectivity index (χ2v) is 9.23. The summed E-state index contributed by atoms with van der Waals surface area (Å²) in [4.78, 5) is 4.42. The van der Waals surface area contributed by atoms with Gasteiger partial charge in [-0.3, -0.25) is 0 Å². The molecule has 1 fully saturated rings. The van der Waals surface area contributed by atoms with E-state index in [-0.39, 0.29) is 16.0 Å². The maximum absolute atomic E-state index is 13.2. The monoisotopic (exact) mass is 393 g/mol. The Bertz CT molecular complexity index is 659. The smallest absolute Gasteiger partial charge is 0.243 e. The van der Waals surface area contributed by atoms with Crippen molar-refractivity contribution in [2.75, 3.05) is 47.3 Å². The second kappa shape index (κ2) is 8.34. The van der Waals surface area contributed by atoms with E-state index >= 15 is 0 Å². The van der Waals surface area contributed by atoms with Gasteiger partial charge in [0.1, 0.15) is 0 Å². The molecule has 1 aliphatic heterocycles. The molecule has 0 spiro atoms. The summed E-state index contributed by atoms with van der Waals surface area (Å²) in [6, 6.07) is 4.52. The van der Waals surface area contributed by atoms with E-state index in [9.17, 15) is 8.42 Å². The predicted molar refractivity (Wildman–Crippen MR) is 99.4 cm³/mol. The number of benzene rings is 1. The largest absolute Gasteiger partial charge is 0.308 e. The van der Waals surface area contributed by atoms with Crippen LogP contribution in [-0.4, -0.2) is 75.9 Å². The van der Waals surface area contributed by atoms with Crippen molar-refractivity contribution in [3.63, 3.8) is 0 Å². The maximum Gasteiger partial charge on any atom is 0.243 e. The number of likely N-dealkylation sites (N-methyl/N-ethyl adjacent to an activating group) is 1. The van der Waals surface area contributed by atoms with Gasteiger partial charge in [-0.2, -0.15) is 4.31 Å². The molecule has 0 N–H and O–H groups in total. The van der Waals surface area contributed by atoms with Crippen LogP contribution in [0.3, 0.4) is 0 Å². The summed E-state index contributed by atoms with van der Waals surface area (Å²) in [5.74, 6) is 0. The van der Waals surface area contributed by atoms with E-state index in [1.807, 2.05) is 19.0 Å². The first-order valence-electron chi connectivity index (χ1n) is 8.02. The summed E-state index contributed by atoms with van der Waals surface area (Å²) in [6.07, 6.45) is 1.68. The van der Waals surface area contributed by atoms with Crippen LogP contribution in [0.1, 0.15) is 12.8 Å². The molecule has 5 nitrogen and oxygen atoms in total. The van der Waals surface area contributed by atoms with E-state index in [0.717, 1.165) is 25.9 Å². The zero-order chi connectivity index (χ0) is 17.9. The van der Waals surface area contributed by atoms with Crippen LogP contribution in [0.2, 0.25) is 10.0 Å². The molecular weight excluding hydrogens is 369 g/mol. The lowest BCUT2D eigenvalue weighted by Gasteiger charge is -2.37. The highest BCUT2D eigenvalue weighted by Gasteiger charge is 2.33. The van der Waals surface area contributed by atoms with Crippen molar-refractivity contribution >= 4 is 33.2 Å². The molecule has 0 saturated carbocycles. The molecule has 0 amide bonds. The molecule has 0 aliphatic carbocycles. The van der Waals surface area contributed by atoms with E-state index in [1.54, 1.807) is 4.31 Å². The van der Waals surface area contributed by atoms with Crippen molar-refractivity contribution in [3.05, 3.63) is 28.2 Å². The summed E-state index contributed by atoms with van der Waals surface area (Å²) < 4.78 is 28.0. The molecule has 0 aromatic heterocycles. The molecule has 1 aromatic rings. The standard InChI is InChI=1S/C16H25Cl2N3O2S/c1-19(2)10-11-21(13-6-8-20(3)9-7-13)24(22,23)14-4-5-15(17)16(18)12-14/h4-5,12-13H,6-11H2,1-3H3. The van der Waals surface area contributed by atoms with E-state index in [2.05, 4.69) is 11.9 Å². The number of hydrogen-bond donors (Lipinski definition) is 0. The van der Waals surface area contributed by atoms with E-state index in [0.29, 0.717) is 18.1 Å². The highest BCUT2D eigenvalue weighted by molar-refractivity contribution is 7.89. The number of hydrogen-bond acceptors (Lipinski definition) is 4. The van der Waals surface area contributed by atoms with Crippen molar-refractivity contribution in [2.24, 2.45) is 0 Å². The zero-order valence-corrected chi connectivity index (χ0v) is 16.7. The number of halogens is 2. The Morgan fingerprint density at radius 2 is 1.75 bits per heavy atom. The third-order valence-electron chi connectivity index (χ3n) is 4.36. The van der Waals surface area contributed by atoms with Gasteiger partial charge in [-0.1, -0.05) is 23.2 Å². The average Bonchev–Trinajstić information content (AvgIpc) is 2.51. The molecule has 0 unspecified atom stereocenters. The molecule has 0 radical (unpaired) electrons. The van der Waals surface area contributed by atoms with Gasteiger partial charge in [0.05, 0.1) is 14.9 Å². The number of likely N-dealkylation sites (tertiary alicyclic amines) is 1. The predicted octanol–water partition coefficient (Wildman–Crippen LogP) is 2.64. The molecule has 8 heteroatoms. The fraction of sp³-hybridized carbons (Fsp3) is 0.625. The molecule has 1 aromatic carbocycles. The highest BCUT2D eigenvalue weighted by Crippen LogP contribution is 2.29. The molecule has 1 saturated heterocycles.